The fraction of sp³-hybridized carbons (Fsp3) is 0.345. The van der Waals surface area contributed by atoms with Crippen molar-refractivity contribution in [2.75, 3.05) is 31.7 Å². The van der Waals surface area contributed by atoms with Gasteiger partial charge in [-0.25, -0.2) is 23.4 Å². The van der Waals surface area contributed by atoms with E-state index in [9.17, 15) is 9.18 Å². The second-order valence-corrected chi connectivity index (χ2v) is 29.4. The Kier molecular flexibility index (Phi) is 21.8. The van der Waals surface area contributed by atoms with Crippen molar-refractivity contribution in [3.63, 3.8) is 0 Å². The Hall–Kier alpha value is -10.3. The van der Waals surface area contributed by atoms with Crippen LogP contribution in [0, 0.1) is 60.1 Å². The molecule has 16 nitrogen and oxygen atoms in total. The van der Waals surface area contributed by atoms with Crippen molar-refractivity contribution in [3.05, 3.63) is 245 Å². The summed E-state index contributed by atoms with van der Waals surface area (Å²) in [6.07, 6.45) is 32.2. The van der Waals surface area contributed by atoms with E-state index >= 15 is 4.39 Å². The molecule has 0 radical (unpaired) electrons. The first-order valence-electron chi connectivity index (χ1n) is 37.3. The van der Waals surface area contributed by atoms with Crippen LogP contribution in [0.25, 0.3) is 77.6 Å². The second kappa shape index (κ2) is 32.0. The average Bonchev–Trinajstić information content (AvgIpc) is 1.63. The van der Waals surface area contributed by atoms with Crippen LogP contribution >= 0.6 is 0 Å². The van der Waals surface area contributed by atoms with Crippen molar-refractivity contribution < 1.29 is 23.0 Å². The monoisotopic (exact) mass is 1410 g/mol. The minimum absolute atomic E-state index is 0.0796. The zero-order chi connectivity index (χ0) is 72.8. The van der Waals surface area contributed by atoms with E-state index in [1.165, 1.54) is 85.5 Å². The lowest BCUT2D eigenvalue weighted by Gasteiger charge is -2.28. The molecular formula is C87H95F2N13O3. The summed E-state index contributed by atoms with van der Waals surface area (Å²) in [5, 5.41) is 15.9. The molecule has 2 saturated heterocycles. The van der Waals surface area contributed by atoms with Gasteiger partial charge in [-0.15, -0.1) is 0 Å². The highest BCUT2D eigenvalue weighted by Crippen LogP contribution is 2.42. The van der Waals surface area contributed by atoms with Crippen molar-refractivity contribution >= 4 is 55.5 Å². The fourth-order valence-corrected chi connectivity index (χ4v) is 16.1. The summed E-state index contributed by atoms with van der Waals surface area (Å²) in [4.78, 5) is 33.4. The number of anilines is 1. The Morgan fingerprint density at radius 3 is 1.58 bits per heavy atom. The lowest BCUT2D eigenvalue weighted by Crippen LogP contribution is -2.35. The van der Waals surface area contributed by atoms with Crippen molar-refractivity contribution in [2.24, 2.45) is 5.73 Å². The molecule has 540 valence electrons. The zero-order valence-electron chi connectivity index (χ0n) is 61.6. The van der Waals surface area contributed by atoms with E-state index in [0.717, 1.165) is 152 Å². The van der Waals surface area contributed by atoms with Gasteiger partial charge in [0, 0.05) is 139 Å². The van der Waals surface area contributed by atoms with Crippen molar-refractivity contribution in [2.45, 2.75) is 168 Å². The van der Waals surface area contributed by atoms with Crippen LogP contribution in [0.2, 0.25) is 0 Å². The Labute approximate surface area is 613 Å². The number of nitrogens with one attached hydrogen (secondary N) is 2. The van der Waals surface area contributed by atoms with Crippen LogP contribution in [0.5, 0.6) is 0 Å². The predicted octanol–water partition coefficient (Wildman–Crippen LogP) is 18.6. The molecule has 8 aromatic heterocycles. The first-order chi connectivity index (χ1) is 51.0. The smallest absolute Gasteiger partial charge is 0.217 e. The van der Waals surface area contributed by atoms with Gasteiger partial charge in [0.15, 0.2) is 5.65 Å². The summed E-state index contributed by atoms with van der Waals surface area (Å²) < 4.78 is 48.7. The molecule has 18 heteroatoms. The van der Waals surface area contributed by atoms with E-state index in [2.05, 4.69) is 152 Å². The van der Waals surface area contributed by atoms with Crippen LogP contribution in [-0.2, 0) is 14.3 Å². The minimum Gasteiger partial charge on any atom is -0.381 e. The predicted molar refractivity (Wildman–Crippen MR) is 417 cm³/mol. The first-order valence-corrected chi connectivity index (χ1v) is 37.3. The van der Waals surface area contributed by atoms with Crippen LogP contribution in [0.4, 0.5) is 14.6 Å². The molecule has 13 aromatic rings. The number of ether oxygens (including phenoxy) is 2. The third-order valence-corrected chi connectivity index (χ3v) is 21.6. The minimum atomic E-state index is -0.267. The molecule has 0 spiro atoms. The van der Waals surface area contributed by atoms with Crippen LogP contribution in [0.3, 0.4) is 0 Å². The largest absolute Gasteiger partial charge is 0.381 e. The SMILES string of the molecule is CC(=O)NC1CCC(c2cn(-c3ccc(C)cc3C)c3cnccc23)CC1.Cc1ccc(-n2cc(C3CCC(N)CC3)c3ccncc32)c(C)c1.Cc1ccc(-n2nc(C3CCOCC3)c3ccncc32)c(F)c1.Cc1cccc(-n2cc(-c3ccc(C)cc3F)c3c(NC4CCOCC4)ncnc32)c1. The Bertz CT molecular complexity index is 5240. The number of hydrogen-bond acceptors (Lipinski definition) is 11. The lowest BCUT2D eigenvalue weighted by molar-refractivity contribution is -0.119. The number of carbonyl (C=O) groups is 1. The van der Waals surface area contributed by atoms with Crippen LogP contribution in [0.15, 0.2) is 177 Å². The van der Waals surface area contributed by atoms with Crippen molar-refractivity contribution in [1.29, 1.82) is 0 Å². The molecule has 1 amide bonds. The maximum Gasteiger partial charge on any atom is 0.217 e. The van der Waals surface area contributed by atoms with Crippen LogP contribution < -0.4 is 16.4 Å². The molecule has 2 aliphatic heterocycles. The van der Waals surface area contributed by atoms with Crippen molar-refractivity contribution in [3.8, 4) is 33.9 Å². The Balaban J connectivity index is 0.000000119. The van der Waals surface area contributed by atoms with E-state index in [4.69, 9.17) is 20.3 Å². The first kappa shape index (κ1) is 71.7. The summed E-state index contributed by atoms with van der Waals surface area (Å²) >= 11 is 0. The van der Waals surface area contributed by atoms with Gasteiger partial charge < -0.3 is 39.5 Å². The van der Waals surface area contributed by atoms with Gasteiger partial charge in [-0.1, -0.05) is 65.7 Å². The van der Waals surface area contributed by atoms with Gasteiger partial charge in [-0.05, 0) is 237 Å². The standard InChI is InChI=1S/C25H25FN4O.C23H27N3O.C21H25N3.C18H18FN3O/c1-16-4-3-5-19(12-16)30-14-21(20-7-6-17(2)13-22(20)26)23-24(27-15-28-25(23)30)29-18-8-10-31-11-9-18;1-15-4-9-22(16(2)12-15)26-14-21(20-10-11-24-13-23(20)26)18-5-7-19(8-6-18)25-17(3)27;1-14-3-8-20(15(2)11-14)24-13-19(16-4-6-17(22)7-5-16)18-9-10-23-12-21(18)24;1-12-2-3-16(15(19)10-12)22-17-11-20-7-4-14(17)18(21-22)13-5-8-23-9-6-13/h3-7,12-15,18H,8-11H2,1-2H3,(H,27,28,29);4,9-14,18-19H,5-8H2,1-3H3,(H,25,27);3,8-13,16-17H,4-7,22H2,1-2H3;2-4,7,10-11,13H,5-6,8-9H2,1H3. The Morgan fingerprint density at radius 2 is 1.02 bits per heavy atom. The Morgan fingerprint density at radius 1 is 0.495 bits per heavy atom. The van der Waals surface area contributed by atoms with E-state index < -0.39 is 0 Å². The molecule has 4 aliphatic rings. The van der Waals surface area contributed by atoms with Crippen LogP contribution in [-0.4, -0.2) is 98.9 Å². The highest BCUT2D eigenvalue weighted by Gasteiger charge is 2.29. The van der Waals surface area contributed by atoms with E-state index in [-0.39, 0.29) is 23.6 Å². The maximum atomic E-state index is 15.0. The summed E-state index contributed by atoms with van der Waals surface area (Å²) in [6, 6.07) is 39.3. The van der Waals surface area contributed by atoms with Crippen LogP contribution in [0.1, 0.15) is 157 Å². The number of aromatic nitrogens is 10. The number of nitrogens with two attached hydrogens (primary N) is 1. The number of nitrogens with zero attached hydrogens (tertiary/aromatic N) is 10. The summed E-state index contributed by atoms with van der Waals surface area (Å²) in [7, 11) is 0. The van der Waals surface area contributed by atoms with Gasteiger partial charge in [0.25, 0.3) is 0 Å². The highest BCUT2D eigenvalue weighted by molar-refractivity contribution is 6.02. The molecule has 105 heavy (non-hydrogen) atoms. The topological polar surface area (TPSA) is 183 Å². The number of carbonyl (C=O) groups excluding carboxylic acids is 1. The molecular weight excluding hydrogens is 1310 g/mol. The number of amides is 1. The number of aryl methyl sites for hydroxylation is 7. The molecule has 4 N–H and O–H groups in total. The lowest BCUT2D eigenvalue weighted by atomic mass is 9.81. The molecule has 2 aliphatic carbocycles. The molecule has 17 rings (SSSR count). The van der Waals surface area contributed by atoms with E-state index in [1.807, 2.05) is 85.8 Å². The quantitative estimate of drug-likeness (QED) is 0.112. The number of rotatable bonds is 11. The van der Waals surface area contributed by atoms with E-state index in [1.54, 1.807) is 42.5 Å². The number of halogens is 2. The van der Waals surface area contributed by atoms with Crippen molar-refractivity contribution in [1.82, 2.24) is 53.7 Å². The van der Waals surface area contributed by atoms with Gasteiger partial charge in [-0.2, -0.15) is 5.10 Å². The fourth-order valence-electron chi connectivity index (χ4n) is 16.1. The third-order valence-electron chi connectivity index (χ3n) is 21.6. The number of fused-ring (bicyclic) bond motifs is 4. The maximum absolute atomic E-state index is 15.0. The summed E-state index contributed by atoms with van der Waals surface area (Å²) in [6.45, 7) is 19.0. The summed E-state index contributed by atoms with van der Waals surface area (Å²) in [5.74, 6) is 1.80. The van der Waals surface area contributed by atoms with E-state index in [0.29, 0.717) is 41.1 Å². The third kappa shape index (κ3) is 15.9. The average molecular weight is 1410 g/mol. The molecule has 2 saturated carbocycles. The molecule has 0 atom stereocenters. The van der Waals surface area contributed by atoms with Gasteiger partial charge in [-0.3, -0.25) is 19.7 Å². The van der Waals surface area contributed by atoms with Gasteiger partial charge in [0.05, 0.1) is 46.2 Å². The molecule has 10 heterocycles. The number of pyridine rings is 3. The normalized spacial score (nSPS) is 17.9. The van der Waals surface area contributed by atoms with Gasteiger partial charge in [0.2, 0.25) is 5.91 Å². The zero-order valence-corrected chi connectivity index (χ0v) is 61.6. The molecule has 0 unspecified atom stereocenters. The highest BCUT2D eigenvalue weighted by atomic mass is 19.1. The van der Waals surface area contributed by atoms with Gasteiger partial charge >= 0.3 is 0 Å². The number of hydrogen-bond donors (Lipinski definition) is 3. The molecule has 4 fully saturated rings. The van der Waals surface area contributed by atoms with Gasteiger partial charge in [0.1, 0.15) is 29.5 Å². The summed E-state index contributed by atoms with van der Waals surface area (Å²) in [5.41, 5.74) is 27.3. The second-order valence-electron chi connectivity index (χ2n) is 29.4. The molecule has 0 bridgehead atoms. The molecule has 5 aromatic carbocycles. The number of benzene rings is 5.